The third-order valence-corrected chi connectivity index (χ3v) is 4.87. The molecule has 0 saturated heterocycles. The zero-order valence-corrected chi connectivity index (χ0v) is 13.6. The summed E-state index contributed by atoms with van der Waals surface area (Å²) in [6, 6.07) is 18.5. The van der Waals surface area contributed by atoms with E-state index in [0.29, 0.717) is 10.2 Å². The van der Waals surface area contributed by atoms with E-state index in [1.807, 2.05) is 35.7 Å². The van der Waals surface area contributed by atoms with Crippen molar-refractivity contribution in [3.05, 3.63) is 75.1 Å². The topological polar surface area (TPSA) is 48.6 Å². The lowest BCUT2D eigenvalue weighted by molar-refractivity contribution is 1.15. The van der Waals surface area contributed by atoms with E-state index in [2.05, 4.69) is 34.2 Å². The normalized spacial score (nSPS) is 11.0. The van der Waals surface area contributed by atoms with E-state index < -0.39 is 0 Å². The maximum atomic E-state index is 12.2. The molecule has 0 aliphatic rings. The Hall–Kier alpha value is -2.50. The van der Waals surface area contributed by atoms with Crippen LogP contribution in [0.15, 0.2) is 64.8 Å². The minimum absolute atomic E-state index is 0.146. The van der Waals surface area contributed by atoms with Crippen LogP contribution in [0, 0.1) is 4.77 Å². The first-order valence-electron chi connectivity index (χ1n) is 7.12. The molecule has 0 amide bonds. The molecule has 2 heterocycles. The molecule has 0 aliphatic heterocycles. The van der Waals surface area contributed by atoms with Crippen LogP contribution < -0.4 is 5.56 Å². The fourth-order valence-corrected chi connectivity index (χ4v) is 3.89. The Balaban J connectivity index is 1.83. The molecule has 0 radical (unpaired) electrons. The van der Waals surface area contributed by atoms with Gasteiger partial charge in [-0.05, 0) is 28.9 Å². The Morgan fingerprint density at radius 2 is 1.48 bits per heavy atom. The van der Waals surface area contributed by atoms with Crippen molar-refractivity contribution in [2.75, 3.05) is 0 Å². The first kappa shape index (κ1) is 14.1. The predicted octanol–water partition coefficient (Wildman–Crippen LogP) is 4.98. The summed E-state index contributed by atoms with van der Waals surface area (Å²) in [4.78, 5) is 18.7. The van der Waals surface area contributed by atoms with Crippen molar-refractivity contribution in [1.29, 1.82) is 0 Å². The molecule has 4 aromatic rings. The van der Waals surface area contributed by atoms with Gasteiger partial charge in [0.05, 0.1) is 5.39 Å². The molecule has 0 unspecified atom stereocenters. The fourth-order valence-electron chi connectivity index (χ4n) is 2.66. The van der Waals surface area contributed by atoms with Crippen LogP contribution >= 0.6 is 23.6 Å². The largest absolute Gasteiger partial charge is 0.323 e. The third kappa shape index (κ3) is 2.54. The average molecular weight is 336 g/mol. The van der Waals surface area contributed by atoms with Crippen molar-refractivity contribution < 1.29 is 0 Å². The lowest BCUT2D eigenvalue weighted by Crippen LogP contribution is -2.06. The number of aromatic amines is 2. The molecule has 0 spiro atoms. The second kappa shape index (κ2) is 5.61. The highest BCUT2D eigenvalue weighted by molar-refractivity contribution is 7.71. The van der Waals surface area contributed by atoms with Crippen LogP contribution in [0.4, 0.5) is 0 Å². The quantitative estimate of drug-likeness (QED) is 0.507. The van der Waals surface area contributed by atoms with Gasteiger partial charge in [0.2, 0.25) is 0 Å². The summed E-state index contributed by atoms with van der Waals surface area (Å²) >= 11 is 6.52. The van der Waals surface area contributed by atoms with E-state index in [4.69, 9.17) is 12.2 Å². The minimum Gasteiger partial charge on any atom is -0.323 e. The van der Waals surface area contributed by atoms with Crippen LogP contribution in [0.5, 0.6) is 0 Å². The molecule has 0 fully saturated rings. The molecule has 112 valence electrons. The van der Waals surface area contributed by atoms with Gasteiger partial charge in [0.15, 0.2) is 4.77 Å². The summed E-state index contributed by atoms with van der Waals surface area (Å²) in [6.07, 6.45) is 0. The smallest absolute Gasteiger partial charge is 0.261 e. The number of aromatic nitrogens is 2. The molecule has 0 aliphatic carbocycles. The van der Waals surface area contributed by atoms with Crippen molar-refractivity contribution >= 4 is 33.8 Å². The highest BCUT2D eigenvalue weighted by Gasteiger charge is 2.10. The number of H-pyrrole nitrogens is 2. The summed E-state index contributed by atoms with van der Waals surface area (Å²) in [5.74, 6) is 0. The van der Waals surface area contributed by atoms with Gasteiger partial charge in [-0.3, -0.25) is 9.78 Å². The summed E-state index contributed by atoms with van der Waals surface area (Å²) < 4.78 is 0.357. The number of thiophene rings is 1. The maximum Gasteiger partial charge on any atom is 0.261 e. The highest BCUT2D eigenvalue weighted by atomic mass is 32.1. The standard InChI is InChI=1S/C18H12N2OS2/c21-16-15-14(10-23-17(15)20-18(22)19-16)13-8-6-12(7-9-13)11-4-2-1-3-5-11/h1-10H,(H2,19,20,21,22). The van der Waals surface area contributed by atoms with E-state index in [9.17, 15) is 4.79 Å². The van der Waals surface area contributed by atoms with Crippen molar-refractivity contribution in [2.24, 2.45) is 0 Å². The van der Waals surface area contributed by atoms with Crippen LogP contribution in [0.1, 0.15) is 0 Å². The second-order valence-corrected chi connectivity index (χ2v) is 6.49. The van der Waals surface area contributed by atoms with Crippen LogP contribution in [0.2, 0.25) is 0 Å². The maximum absolute atomic E-state index is 12.2. The lowest BCUT2D eigenvalue weighted by atomic mass is 10.0. The van der Waals surface area contributed by atoms with E-state index in [1.54, 1.807) is 0 Å². The number of hydrogen-bond donors (Lipinski definition) is 2. The van der Waals surface area contributed by atoms with E-state index in [-0.39, 0.29) is 5.56 Å². The van der Waals surface area contributed by atoms with Gasteiger partial charge in [-0.2, -0.15) is 0 Å². The Kier molecular flexibility index (Phi) is 3.44. The molecular formula is C18H12N2OS2. The van der Waals surface area contributed by atoms with Crippen molar-refractivity contribution in [2.45, 2.75) is 0 Å². The van der Waals surface area contributed by atoms with Crippen molar-refractivity contribution in [3.63, 3.8) is 0 Å². The zero-order valence-electron chi connectivity index (χ0n) is 12.0. The van der Waals surface area contributed by atoms with Crippen LogP contribution in [-0.4, -0.2) is 9.97 Å². The SMILES string of the molecule is O=c1[nH]c(=S)[nH]c2scc(-c3ccc(-c4ccccc4)cc3)c12. The summed E-state index contributed by atoms with van der Waals surface area (Å²) in [5.41, 5.74) is 4.13. The van der Waals surface area contributed by atoms with Gasteiger partial charge in [0, 0.05) is 10.9 Å². The van der Waals surface area contributed by atoms with Gasteiger partial charge in [-0.25, -0.2) is 0 Å². The molecule has 4 rings (SSSR count). The fraction of sp³-hybridized carbons (Fsp3) is 0. The van der Waals surface area contributed by atoms with Gasteiger partial charge < -0.3 is 4.98 Å². The van der Waals surface area contributed by atoms with Gasteiger partial charge in [0.25, 0.3) is 5.56 Å². The number of rotatable bonds is 2. The molecule has 0 bridgehead atoms. The zero-order chi connectivity index (χ0) is 15.8. The van der Waals surface area contributed by atoms with Crippen LogP contribution in [0.3, 0.4) is 0 Å². The summed E-state index contributed by atoms with van der Waals surface area (Å²) in [6.45, 7) is 0. The molecule has 2 N–H and O–H groups in total. The van der Waals surface area contributed by atoms with Crippen molar-refractivity contribution in [1.82, 2.24) is 9.97 Å². The molecule has 3 nitrogen and oxygen atoms in total. The van der Waals surface area contributed by atoms with Gasteiger partial charge in [-0.15, -0.1) is 11.3 Å². The van der Waals surface area contributed by atoms with Gasteiger partial charge >= 0.3 is 0 Å². The Bertz CT molecular complexity index is 1090. The first-order valence-corrected chi connectivity index (χ1v) is 8.41. The Morgan fingerprint density at radius 3 is 2.22 bits per heavy atom. The molecule has 5 heteroatoms. The van der Waals surface area contributed by atoms with Crippen LogP contribution in [-0.2, 0) is 0 Å². The molecule has 2 aromatic carbocycles. The first-order chi connectivity index (χ1) is 11.2. The summed E-state index contributed by atoms with van der Waals surface area (Å²) in [7, 11) is 0. The Labute approximate surface area is 141 Å². The van der Waals surface area contributed by atoms with E-state index >= 15 is 0 Å². The molecule has 0 saturated carbocycles. The molecular weight excluding hydrogens is 324 g/mol. The highest BCUT2D eigenvalue weighted by Crippen LogP contribution is 2.31. The number of fused-ring (bicyclic) bond motifs is 1. The third-order valence-electron chi connectivity index (χ3n) is 3.78. The van der Waals surface area contributed by atoms with E-state index in [0.717, 1.165) is 21.5 Å². The number of benzene rings is 2. The van der Waals surface area contributed by atoms with Gasteiger partial charge in [0.1, 0.15) is 4.83 Å². The Morgan fingerprint density at radius 1 is 0.826 bits per heavy atom. The summed E-state index contributed by atoms with van der Waals surface area (Å²) in [5, 5.41) is 2.65. The minimum atomic E-state index is -0.146. The van der Waals surface area contributed by atoms with E-state index in [1.165, 1.54) is 16.9 Å². The average Bonchev–Trinajstić information content (AvgIpc) is 3.00. The monoisotopic (exact) mass is 336 g/mol. The second-order valence-electron chi connectivity index (χ2n) is 5.21. The van der Waals surface area contributed by atoms with Crippen molar-refractivity contribution in [3.8, 4) is 22.3 Å². The molecule has 2 aromatic heterocycles. The van der Waals surface area contributed by atoms with Crippen LogP contribution in [0.25, 0.3) is 32.5 Å². The lowest BCUT2D eigenvalue weighted by Gasteiger charge is -2.04. The molecule has 23 heavy (non-hydrogen) atoms. The number of nitrogens with one attached hydrogen (secondary N) is 2. The number of hydrogen-bond acceptors (Lipinski definition) is 3. The predicted molar refractivity (Wildman–Crippen MR) is 98.5 cm³/mol. The van der Waals surface area contributed by atoms with Gasteiger partial charge in [-0.1, -0.05) is 54.6 Å². The molecule has 0 atom stereocenters.